The van der Waals surface area contributed by atoms with E-state index in [2.05, 4.69) is 34.2 Å². The van der Waals surface area contributed by atoms with E-state index in [1.165, 1.54) is 49.2 Å². The summed E-state index contributed by atoms with van der Waals surface area (Å²) >= 11 is 5.99. The van der Waals surface area contributed by atoms with Crippen molar-refractivity contribution in [2.75, 3.05) is 19.6 Å². The van der Waals surface area contributed by atoms with Crippen molar-refractivity contribution < 1.29 is 0 Å². The number of piperidine rings is 1. The molecule has 21 heavy (non-hydrogen) atoms. The molecule has 4 heteroatoms. The fourth-order valence-corrected chi connectivity index (χ4v) is 3.40. The maximum absolute atomic E-state index is 5.99. The van der Waals surface area contributed by atoms with Crippen molar-refractivity contribution in [3.8, 4) is 11.1 Å². The predicted octanol–water partition coefficient (Wildman–Crippen LogP) is 4.32. The van der Waals surface area contributed by atoms with Crippen LogP contribution in [0, 0.1) is 0 Å². The molecule has 1 unspecified atom stereocenters. The zero-order valence-corrected chi connectivity index (χ0v) is 13.2. The zero-order valence-electron chi connectivity index (χ0n) is 12.5. The molecule has 1 saturated heterocycles. The van der Waals surface area contributed by atoms with Gasteiger partial charge in [-0.2, -0.15) is 5.10 Å². The van der Waals surface area contributed by atoms with Gasteiger partial charge in [0.1, 0.15) is 0 Å². The average molecular weight is 304 g/mol. The highest BCUT2D eigenvalue weighted by atomic mass is 35.5. The molecule has 1 aromatic carbocycles. The van der Waals surface area contributed by atoms with Gasteiger partial charge in [-0.3, -0.25) is 5.10 Å². The molecule has 2 heterocycles. The van der Waals surface area contributed by atoms with Crippen LogP contribution in [0.5, 0.6) is 0 Å². The summed E-state index contributed by atoms with van der Waals surface area (Å²) in [5, 5.41) is 8.31. The maximum atomic E-state index is 5.99. The van der Waals surface area contributed by atoms with Crippen LogP contribution in [-0.2, 0) is 0 Å². The van der Waals surface area contributed by atoms with Crippen LogP contribution in [0.1, 0.15) is 37.8 Å². The van der Waals surface area contributed by atoms with Crippen LogP contribution < -0.4 is 0 Å². The van der Waals surface area contributed by atoms with Gasteiger partial charge in [0.15, 0.2) is 0 Å². The number of rotatable bonds is 4. The molecule has 0 amide bonds. The number of nitrogens with one attached hydrogen (secondary N) is 1. The third-order valence-corrected chi connectivity index (χ3v) is 4.53. The van der Waals surface area contributed by atoms with Crippen molar-refractivity contribution in [2.24, 2.45) is 0 Å². The molecule has 1 fully saturated rings. The molecular weight excluding hydrogens is 282 g/mol. The second kappa shape index (κ2) is 6.63. The van der Waals surface area contributed by atoms with Crippen LogP contribution in [-0.4, -0.2) is 34.7 Å². The van der Waals surface area contributed by atoms with Gasteiger partial charge in [-0.25, -0.2) is 0 Å². The van der Waals surface area contributed by atoms with Gasteiger partial charge in [-0.05, 0) is 50.0 Å². The summed E-state index contributed by atoms with van der Waals surface area (Å²) in [7, 11) is 0. The van der Waals surface area contributed by atoms with Gasteiger partial charge >= 0.3 is 0 Å². The normalized spacial score (nSPS) is 19.8. The van der Waals surface area contributed by atoms with Crippen molar-refractivity contribution in [1.82, 2.24) is 15.1 Å². The Labute approximate surface area is 131 Å². The number of nitrogens with zero attached hydrogens (tertiary/aromatic N) is 2. The second-order valence-corrected chi connectivity index (χ2v) is 6.28. The predicted molar refractivity (Wildman–Crippen MR) is 87.7 cm³/mol. The topological polar surface area (TPSA) is 31.9 Å². The Morgan fingerprint density at radius 2 is 2.14 bits per heavy atom. The summed E-state index contributed by atoms with van der Waals surface area (Å²) in [6.07, 6.45) is 5.67. The van der Waals surface area contributed by atoms with Crippen LogP contribution in [0.4, 0.5) is 0 Å². The summed E-state index contributed by atoms with van der Waals surface area (Å²) in [5.74, 6) is 0.554. The van der Waals surface area contributed by atoms with Crippen molar-refractivity contribution >= 4 is 11.6 Å². The molecule has 0 radical (unpaired) electrons. The van der Waals surface area contributed by atoms with Gasteiger partial charge in [-0.1, -0.05) is 30.7 Å². The Balaban J connectivity index is 1.83. The van der Waals surface area contributed by atoms with E-state index in [0.29, 0.717) is 5.92 Å². The van der Waals surface area contributed by atoms with E-state index in [1.54, 1.807) is 0 Å². The fraction of sp³-hybridized carbons (Fsp3) is 0.471. The molecule has 0 spiro atoms. The quantitative estimate of drug-likeness (QED) is 0.912. The minimum absolute atomic E-state index is 0.554. The second-order valence-electron chi connectivity index (χ2n) is 5.84. The van der Waals surface area contributed by atoms with E-state index >= 15 is 0 Å². The first kappa shape index (κ1) is 14.6. The Hall–Kier alpha value is -1.32. The number of hydrogen-bond acceptors (Lipinski definition) is 2. The molecule has 1 aliphatic heterocycles. The van der Waals surface area contributed by atoms with E-state index in [1.807, 2.05) is 18.3 Å². The molecule has 1 aromatic heterocycles. The lowest BCUT2D eigenvalue weighted by molar-refractivity contribution is 0.207. The molecule has 0 bridgehead atoms. The lowest BCUT2D eigenvalue weighted by Gasteiger charge is -2.32. The summed E-state index contributed by atoms with van der Waals surface area (Å²) in [4.78, 5) is 2.57. The Bertz CT molecular complexity index is 574. The number of aromatic nitrogens is 2. The number of benzene rings is 1. The fourth-order valence-electron chi connectivity index (χ4n) is 3.28. The number of hydrogen-bond donors (Lipinski definition) is 1. The van der Waals surface area contributed by atoms with Crippen LogP contribution in [0.25, 0.3) is 11.1 Å². The molecule has 1 aliphatic rings. The van der Waals surface area contributed by atoms with Gasteiger partial charge in [0.25, 0.3) is 0 Å². The molecule has 0 saturated carbocycles. The van der Waals surface area contributed by atoms with Crippen molar-refractivity contribution in [3.05, 3.63) is 41.2 Å². The number of H-pyrrole nitrogens is 1. The average Bonchev–Trinajstić information content (AvgIpc) is 2.98. The van der Waals surface area contributed by atoms with E-state index in [-0.39, 0.29) is 0 Å². The van der Waals surface area contributed by atoms with Crippen LogP contribution >= 0.6 is 11.6 Å². The highest BCUT2D eigenvalue weighted by Gasteiger charge is 2.24. The van der Waals surface area contributed by atoms with Crippen molar-refractivity contribution in [3.63, 3.8) is 0 Å². The minimum atomic E-state index is 0.554. The Morgan fingerprint density at radius 3 is 2.90 bits per heavy atom. The summed E-state index contributed by atoms with van der Waals surface area (Å²) < 4.78 is 0. The van der Waals surface area contributed by atoms with Gasteiger partial charge in [-0.15, -0.1) is 0 Å². The van der Waals surface area contributed by atoms with Gasteiger partial charge in [0.2, 0.25) is 0 Å². The Morgan fingerprint density at radius 1 is 1.33 bits per heavy atom. The number of aromatic amines is 1. The van der Waals surface area contributed by atoms with E-state index in [9.17, 15) is 0 Å². The van der Waals surface area contributed by atoms with Crippen LogP contribution in [0.3, 0.4) is 0 Å². The van der Waals surface area contributed by atoms with Gasteiger partial charge in [0, 0.05) is 28.7 Å². The van der Waals surface area contributed by atoms with Gasteiger partial charge < -0.3 is 4.90 Å². The smallest absolute Gasteiger partial charge is 0.0568 e. The first-order chi connectivity index (χ1) is 10.3. The molecule has 112 valence electrons. The van der Waals surface area contributed by atoms with E-state index in [0.717, 1.165) is 11.6 Å². The Kier molecular flexibility index (Phi) is 4.61. The molecule has 0 aliphatic carbocycles. The summed E-state index contributed by atoms with van der Waals surface area (Å²) in [6, 6.07) is 8.03. The van der Waals surface area contributed by atoms with E-state index < -0.39 is 0 Å². The SMILES string of the molecule is CCCN1CCCC(c2[nH]ncc2-c2ccc(Cl)cc2)C1. The minimum Gasteiger partial charge on any atom is -0.303 e. The molecule has 1 atom stereocenters. The summed E-state index contributed by atoms with van der Waals surface area (Å²) in [6.45, 7) is 5.81. The molecule has 1 N–H and O–H groups in total. The zero-order chi connectivity index (χ0) is 14.7. The van der Waals surface area contributed by atoms with E-state index in [4.69, 9.17) is 11.6 Å². The first-order valence-electron chi connectivity index (χ1n) is 7.79. The number of likely N-dealkylation sites (tertiary alicyclic amines) is 1. The molecule has 2 aromatic rings. The largest absolute Gasteiger partial charge is 0.303 e. The lowest BCUT2D eigenvalue weighted by atomic mass is 9.90. The highest BCUT2D eigenvalue weighted by molar-refractivity contribution is 6.30. The van der Waals surface area contributed by atoms with Crippen LogP contribution in [0.2, 0.25) is 5.02 Å². The molecule has 3 nitrogen and oxygen atoms in total. The third-order valence-electron chi connectivity index (χ3n) is 4.28. The number of halogens is 1. The van der Waals surface area contributed by atoms with Crippen molar-refractivity contribution in [1.29, 1.82) is 0 Å². The van der Waals surface area contributed by atoms with Crippen molar-refractivity contribution in [2.45, 2.75) is 32.1 Å². The first-order valence-corrected chi connectivity index (χ1v) is 8.17. The highest BCUT2D eigenvalue weighted by Crippen LogP contribution is 2.33. The van der Waals surface area contributed by atoms with Crippen LogP contribution in [0.15, 0.2) is 30.5 Å². The lowest BCUT2D eigenvalue weighted by Crippen LogP contribution is -2.35. The molecule has 3 rings (SSSR count). The standard InChI is InChI=1S/C17H22ClN3/c1-2-9-21-10-3-4-14(12-21)17-16(11-19-20-17)13-5-7-15(18)8-6-13/h5-8,11,14H,2-4,9-10,12H2,1H3,(H,19,20). The molecular formula is C17H22ClN3. The van der Waals surface area contributed by atoms with Gasteiger partial charge in [0.05, 0.1) is 6.20 Å². The maximum Gasteiger partial charge on any atom is 0.0568 e. The monoisotopic (exact) mass is 303 g/mol. The summed E-state index contributed by atoms with van der Waals surface area (Å²) in [5.41, 5.74) is 3.68. The third kappa shape index (κ3) is 3.30.